The van der Waals surface area contributed by atoms with Gasteiger partial charge in [0.1, 0.15) is 4.77 Å². The molecule has 10 heavy (non-hydrogen) atoms. The van der Waals surface area contributed by atoms with Gasteiger partial charge in [0.15, 0.2) is 6.29 Å². The molecule has 0 aliphatic carbocycles. The zero-order chi connectivity index (χ0) is 7.40. The molecule has 0 spiro atoms. The molecule has 1 aliphatic rings. The molecule has 0 radical (unpaired) electrons. The molecular weight excluding hydrogens is 168 g/mol. The zero-order valence-electron chi connectivity index (χ0n) is 5.69. The minimum absolute atomic E-state index is 0.0752. The third-order valence-electron chi connectivity index (χ3n) is 1.41. The summed E-state index contributed by atoms with van der Waals surface area (Å²) in [6, 6.07) is 0. The van der Waals surface area contributed by atoms with Crippen LogP contribution in [0.2, 0.25) is 0 Å². The van der Waals surface area contributed by atoms with Crippen LogP contribution in [0, 0.1) is 0 Å². The molecule has 0 aromatic rings. The van der Waals surface area contributed by atoms with Gasteiger partial charge in [-0.05, 0) is 19.3 Å². The Morgan fingerprint density at radius 1 is 1.40 bits per heavy atom. The van der Waals surface area contributed by atoms with Crippen molar-refractivity contribution < 1.29 is 9.47 Å². The first kappa shape index (κ1) is 8.71. The van der Waals surface area contributed by atoms with Crippen LogP contribution in [-0.4, -0.2) is 17.7 Å². The summed E-state index contributed by atoms with van der Waals surface area (Å²) < 4.78 is 10.1. The van der Waals surface area contributed by atoms with Gasteiger partial charge in [-0.2, -0.15) is 0 Å². The highest BCUT2D eigenvalue weighted by Crippen LogP contribution is 2.17. The third kappa shape index (κ3) is 3.14. The fraction of sp³-hybridized carbons (Fsp3) is 1.00. The van der Waals surface area contributed by atoms with Crippen molar-refractivity contribution in [2.75, 3.05) is 6.61 Å². The number of ether oxygens (including phenoxy) is 2. The molecule has 1 rings (SSSR count). The van der Waals surface area contributed by atoms with E-state index in [-0.39, 0.29) is 11.1 Å². The molecule has 0 saturated carbocycles. The number of hydrogen-bond donors (Lipinski definition) is 2. The Kier molecular flexibility index (Phi) is 3.91. The quantitative estimate of drug-likeness (QED) is 0.497. The average Bonchev–Trinajstić information content (AvgIpc) is 1.88. The molecule has 1 atom stereocenters. The van der Waals surface area contributed by atoms with Gasteiger partial charge in [-0.3, -0.25) is 0 Å². The van der Waals surface area contributed by atoms with Crippen LogP contribution in [0.5, 0.6) is 0 Å². The van der Waals surface area contributed by atoms with E-state index in [0.717, 1.165) is 19.4 Å². The molecule has 0 amide bonds. The van der Waals surface area contributed by atoms with Crippen LogP contribution in [0.1, 0.15) is 19.3 Å². The van der Waals surface area contributed by atoms with Gasteiger partial charge in [0, 0.05) is 6.61 Å². The fourth-order valence-electron chi connectivity index (χ4n) is 0.954. The highest BCUT2D eigenvalue weighted by molar-refractivity contribution is 7.98. The lowest BCUT2D eigenvalue weighted by atomic mass is 10.2. The van der Waals surface area contributed by atoms with E-state index in [0.29, 0.717) is 0 Å². The summed E-state index contributed by atoms with van der Waals surface area (Å²) in [6.07, 6.45) is 3.22. The van der Waals surface area contributed by atoms with E-state index in [1.165, 1.54) is 6.42 Å². The van der Waals surface area contributed by atoms with Crippen molar-refractivity contribution in [1.29, 1.82) is 0 Å². The Hall–Kier alpha value is 0.620. The number of rotatable bonds is 2. The highest BCUT2D eigenvalue weighted by Gasteiger charge is 2.15. The topological polar surface area (TPSA) is 18.5 Å². The Bertz CT molecular complexity index is 91.7. The Labute approximate surface area is 72.1 Å². The lowest BCUT2D eigenvalue weighted by molar-refractivity contribution is -0.155. The van der Waals surface area contributed by atoms with Crippen LogP contribution >= 0.6 is 25.3 Å². The lowest BCUT2D eigenvalue weighted by Gasteiger charge is -2.23. The average molecular weight is 180 g/mol. The molecule has 60 valence electrons. The minimum atomic E-state index is -0.317. The largest absolute Gasteiger partial charge is 0.353 e. The van der Waals surface area contributed by atoms with E-state index in [4.69, 9.17) is 9.47 Å². The molecule has 0 bridgehead atoms. The van der Waals surface area contributed by atoms with Gasteiger partial charge in [-0.1, -0.05) is 0 Å². The molecule has 0 aromatic carbocycles. The summed E-state index contributed by atoms with van der Waals surface area (Å²) in [6.45, 7) is 0.805. The normalized spacial score (nSPS) is 27.3. The van der Waals surface area contributed by atoms with E-state index < -0.39 is 0 Å². The fourth-order valence-corrected chi connectivity index (χ4v) is 1.23. The molecule has 1 heterocycles. The maximum absolute atomic E-state index is 5.27. The Morgan fingerprint density at radius 2 is 2.20 bits per heavy atom. The molecular formula is C6H12O2S2. The van der Waals surface area contributed by atoms with Crippen molar-refractivity contribution in [1.82, 2.24) is 0 Å². The molecule has 1 unspecified atom stereocenters. The van der Waals surface area contributed by atoms with E-state index in [2.05, 4.69) is 25.3 Å². The Morgan fingerprint density at radius 3 is 2.70 bits per heavy atom. The van der Waals surface area contributed by atoms with Gasteiger partial charge in [0.25, 0.3) is 0 Å². The molecule has 1 saturated heterocycles. The summed E-state index contributed by atoms with van der Waals surface area (Å²) in [5.41, 5.74) is 0. The van der Waals surface area contributed by atoms with Crippen LogP contribution in [-0.2, 0) is 9.47 Å². The van der Waals surface area contributed by atoms with Crippen LogP contribution in [0.15, 0.2) is 0 Å². The number of hydrogen-bond acceptors (Lipinski definition) is 4. The standard InChI is InChI=1S/C6H12O2S2/c9-6(10)8-5-3-1-2-4-7-5/h5-6,9-10H,1-4H2. The zero-order valence-corrected chi connectivity index (χ0v) is 7.48. The molecule has 4 heteroatoms. The van der Waals surface area contributed by atoms with Gasteiger partial charge in [0.05, 0.1) is 0 Å². The predicted octanol–water partition coefficient (Wildman–Crippen LogP) is 1.67. The first-order valence-corrected chi connectivity index (χ1v) is 4.45. The second-order valence-electron chi connectivity index (χ2n) is 2.26. The second-order valence-corrected chi connectivity index (χ2v) is 3.60. The number of thiol groups is 2. The van der Waals surface area contributed by atoms with E-state index in [9.17, 15) is 0 Å². The minimum Gasteiger partial charge on any atom is -0.353 e. The van der Waals surface area contributed by atoms with Crippen molar-refractivity contribution in [2.45, 2.75) is 30.3 Å². The molecule has 2 nitrogen and oxygen atoms in total. The van der Waals surface area contributed by atoms with Crippen molar-refractivity contribution in [3.8, 4) is 0 Å². The van der Waals surface area contributed by atoms with Crippen LogP contribution in [0.3, 0.4) is 0 Å². The van der Waals surface area contributed by atoms with E-state index in [1.807, 2.05) is 0 Å². The van der Waals surface area contributed by atoms with Gasteiger partial charge in [-0.15, -0.1) is 25.3 Å². The van der Waals surface area contributed by atoms with Crippen molar-refractivity contribution in [2.24, 2.45) is 0 Å². The summed E-state index contributed by atoms with van der Waals surface area (Å²) in [4.78, 5) is 0. The van der Waals surface area contributed by atoms with Gasteiger partial charge >= 0.3 is 0 Å². The monoisotopic (exact) mass is 180 g/mol. The summed E-state index contributed by atoms with van der Waals surface area (Å²) in [7, 11) is 0. The molecule has 0 aromatic heterocycles. The first-order valence-electron chi connectivity index (χ1n) is 3.42. The van der Waals surface area contributed by atoms with E-state index in [1.54, 1.807) is 0 Å². The van der Waals surface area contributed by atoms with Crippen molar-refractivity contribution in [3.63, 3.8) is 0 Å². The molecule has 1 fully saturated rings. The van der Waals surface area contributed by atoms with Gasteiger partial charge in [-0.25, -0.2) is 0 Å². The van der Waals surface area contributed by atoms with Crippen LogP contribution in [0.4, 0.5) is 0 Å². The second kappa shape index (κ2) is 4.49. The highest BCUT2D eigenvalue weighted by atomic mass is 32.2. The van der Waals surface area contributed by atoms with Crippen molar-refractivity contribution in [3.05, 3.63) is 0 Å². The smallest absolute Gasteiger partial charge is 0.160 e. The third-order valence-corrected chi connectivity index (χ3v) is 1.65. The molecule has 1 aliphatic heterocycles. The predicted molar refractivity (Wildman–Crippen MR) is 46.4 cm³/mol. The van der Waals surface area contributed by atoms with Crippen molar-refractivity contribution >= 4 is 25.3 Å². The maximum atomic E-state index is 5.27. The maximum Gasteiger partial charge on any atom is 0.160 e. The molecule has 0 N–H and O–H groups in total. The van der Waals surface area contributed by atoms with Gasteiger partial charge < -0.3 is 9.47 Å². The van der Waals surface area contributed by atoms with Crippen LogP contribution in [0.25, 0.3) is 0 Å². The summed E-state index contributed by atoms with van der Waals surface area (Å²) in [5, 5.41) is 0. The first-order chi connectivity index (χ1) is 4.79. The van der Waals surface area contributed by atoms with Gasteiger partial charge in [0.2, 0.25) is 0 Å². The summed E-state index contributed by atoms with van der Waals surface area (Å²) in [5.74, 6) is 0. The summed E-state index contributed by atoms with van der Waals surface area (Å²) >= 11 is 7.94. The SMILES string of the molecule is SC(S)OC1CCCCO1. The Balaban J connectivity index is 2.13. The van der Waals surface area contributed by atoms with E-state index >= 15 is 0 Å². The van der Waals surface area contributed by atoms with Crippen LogP contribution < -0.4 is 0 Å². The lowest BCUT2D eigenvalue weighted by Crippen LogP contribution is -2.23.